The van der Waals surface area contributed by atoms with Crippen LogP contribution in [-0.4, -0.2) is 56.7 Å². The third kappa shape index (κ3) is 6.01. The van der Waals surface area contributed by atoms with Gasteiger partial charge in [-0.1, -0.05) is 50.0 Å². The Kier molecular flexibility index (Phi) is 8.15. The largest absolute Gasteiger partial charge is 0.497 e. The lowest BCUT2D eigenvalue weighted by atomic mass is 9.92. The molecule has 0 radical (unpaired) electrons. The van der Waals surface area contributed by atoms with Crippen molar-refractivity contribution in [3.63, 3.8) is 0 Å². The highest BCUT2D eigenvalue weighted by molar-refractivity contribution is 6.00. The van der Waals surface area contributed by atoms with Crippen LogP contribution in [0.3, 0.4) is 0 Å². The van der Waals surface area contributed by atoms with Crippen molar-refractivity contribution < 1.29 is 19.1 Å². The number of urea groups is 1. The van der Waals surface area contributed by atoms with Crippen LogP contribution >= 0.6 is 0 Å². The van der Waals surface area contributed by atoms with Crippen LogP contribution in [0.5, 0.6) is 5.75 Å². The van der Waals surface area contributed by atoms with Gasteiger partial charge in [-0.15, -0.1) is 0 Å². The van der Waals surface area contributed by atoms with E-state index in [1.165, 1.54) is 18.0 Å². The van der Waals surface area contributed by atoms with E-state index in [2.05, 4.69) is 32.7 Å². The fourth-order valence-corrected chi connectivity index (χ4v) is 4.59. The molecule has 5 rings (SSSR count). The van der Waals surface area contributed by atoms with Crippen molar-refractivity contribution in [1.82, 2.24) is 30.3 Å². The van der Waals surface area contributed by atoms with Crippen molar-refractivity contribution in [2.45, 2.75) is 45.2 Å². The van der Waals surface area contributed by atoms with E-state index in [0.717, 1.165) is 11.1 Å². The van der Waals surface area contributed by atoms with Gasteiger partial charge in [-0.05, 0) is 35.8 Å². The molecule has 0 unspecified atom stereocenters. The minimum Gasteiger partial charge on any atom is -0.497 e. The summed E-state index contributed by atoms with van der Waals surface area (Å²) in [4.78, 5) is 51.1. The number of carbonyl (C=O) groups is 3. The van der Waals surface area contributed by atoms with Crippen LogP contribution in [0.2, 0.25) is 0 Å². The molecule has 1 aromatic carbocycles. The normalized spacial score (nSPS) is 19.8. The minimum atomic E-state index is -1.23. The second-order valence-corrected chi connectivity index (χ2v) is 8.93. The maximum absolute atomic E-state index is 13.1. The molecule has 11 nitrogen and oxygen atoms in total. The van der Waals surface area contributed by atoms with Gasteiger partial charge in [0.25, 0.3) is 5.91 Å². The number of H-pyrrole nitrogens is 1. The zero-order chi connectivity index (χ0) is 28.0. The third-order valence-corrected chi connectivity index (χ3v) is 6.35. The molecule has 3 N–H and O–H groups in total. The van der Waals surface area contributed by atoms with Crippen LogP contribution in [0, 0.1) is 11.8 Å². The van der Waals surface area contributed by atoms with Crippen LogP contribution in [-0.2, 0) is 11.3 Å². The first-order chi connectivity index (χ1) is 18.9. The molecule has 2 aromatic rings. The van der Waals surface area contributed by atoms with Gasteiger partial charge < -0.3 is 15.0 Å². The molecular formula is C28H30N6O5. The molecular weight excluding hydrogens is 500 g/mol. The highest BCUT2D eigenvalue weighted by Crippen LogP contribution is 2.29. The number of nitrogens with one attached hydrogen (secondary N) is 3. The average molecular weight is 531 g/mol. The highest BCUT2D eigenvalue weighted by atomic mass is 16.5. The number of aromatic amines is 1. The summed E-state index contributed by atoms with van der Waals surface area (Å²) in [6, 6.07) is 4.66. The molecule has 1 fully saturated rings. The number of hydrogen-bond acceptors (Lipinski definition) is 6. The molecule has 1 saturated heterocycles. The summed E-state index contributed by atoms with van der Waals surface area (Å²) in [5, 5.41) is 11.1. The topological polar surface area (TPSA) is 138 Å². The fourth-order valence-electron chi connectivity index (χ4n) is 4.59. The van der Waals surface area contributed by atoms with E-state index in [1.54, 1.807) is 23.1 Å². The van der Waals surface area contributed by atoms with E-state index in [1.807, 2.05) is 38.1 Å². The van der Waals surface area contributed by atoms with Crippen molar-refractivity contribution in [2.24, 2.45) is 0 Å². The number of methoxy groups -OCH3 is 1. The Hall–Kier alpha value is -4.85. The molecule has 3 aliphatic rings. The second-order valence-electron chi connectivity index (χ2n) is 8.93. The molecule has 0 bridgehead atoms. The van der Waals surface area contributed by atoms with Crippen LogP contribution in [0.4, 0.5) is 4.79 Å². The van der Waals surface area contributed by atoms with Crippen LogP contribution < -0.4 is 21.1 Å². The lowest BCUT2D eigenvalue weighted by molar-refractivity contribution is -0.122. The van der Waals surface area contributed by atoms with E-state index >= 15 is 0 Å². The minimum absolute atomic E-state index is 0.0545. The predicted molar refractivity (Wildman–Crippen MR) is 144 cm³/mol. The van der Waals surface area contributed by atoms with E-state index in [4.69, 9.17) is 4.74 Å². The van der Waals surface area contributed by atoms with E-state index in [-0.39, 0.29) is 24.6 Å². The third-order valence-electron chi connectivity index (χ3n) is 6.35. The van der Waals surface area contributed by atoms with Gasteiger partial charge in [0.2, 0.25) is 5.91 Å². The fraction of sp³-hybridized carbons (Fsp3) is 0.321. The highest BCUT2D eigenvalue weighted by Gasteiger charge is 2.42. The monoisotopic (exact) mass is 530 g/mol. The standard InChI is InChI=1S/C26H24N6O5.C2H6/c1-37-20-10-8-18-14-31(23(34)21(18)12-20)15-26(13-22(33)28-24(35)29-26)11-3-5-17-4-2-6-19(9-7-17)32-16-27-30-25(32)36;1-2/h4,6-10,12,16H,2,5,13-15H2,1H3,(H,30,36)(H2,28,29,33,35);1-2H3/t26-;/m0./s1. The number of hydrogen-bond donors (Lipinski definition) is 3. The first-order valence-electron chi connectivity index (χ1n) is 12.6. The number of imide groups is 1. The van der Waals surface area contributed by atoms with E-state index < -0.39 is 17.5 Å². The van der Waals surface area contributed by atoms with Crippen LogP contribution in [0.1, 0.15) is 49.0 Å². The zero-order valence-corrected chi connectivity index (χ0v) is 22.0. The van der Waals surface area contributed by atoms with Gasteiger partial charge in [-0.2, -0.15) is 5.10 Å². The van der Waals surface area contributed by atoms with Crippen LogP contribution in [0.15, 0.2) is 59.2 Å². The smallest absolute Gasteiger partial charge is 0.347 e. The zero-order valence-electron chi connectivity index (χ0n) is 22.0. The Morgan fingerprint density at radius 1 is 1.13 bits per heavy atom. The van der Waals surface area contributed by atoms with Gasteiger partial charge in [-0.3, -0.25) is 19.5 Å². The molecule has 1 aromatic heterocycles. The lowest BCUT2D eigenvalue weighted by Crippen LogP contribution is -2.64. The summed E-state index contributed by atoms with van der Waals surface area (Å²) in [7, 11) is 1.53. The second kappa shape index (κ2) is 11.7. The Balaban J connectivity index is 0.00000172. The van der Waals surface area contributed by atoms with Crippen molar-refractivity contribution >= 4 is 23.5 Å². The molecule has 0 saturated carbocycles. The Morgan fingerprint density at radius 2 is 1.95 bits per heavy atom. The molecule has 39 heavy (non-hydrogen) atoms. The SMILES string of the molecule is CC.COc1ccc2c(c1)C(=O)N(C[C@]1(C#CCC3=CCC=C(n4cn[nH]c4=O)C=C3)CC(=O)NC(=O)N1)C2. The van der Waals surface area contributed by atoms with E-state index in [9.17, 15) is 19.2 Å². The first kappa shape index (κ1) is 27.2. The lowest BCUT2D eigenvalue weighted by Gasteiger charge is -2.36. The summed E-state index contributed by atoms with van der Waals surface area (Å²) in [6.07, 6.45) is 9.81. The van der Waals surface area contributed by atoms with Gasteiger partial charge in [0.1, 0.15) is 17.6 Å². The van der Waals surface area contributed by atoms with E-state index in [0.29, 0.717) is 36.4 Å². The van der Waals surface area contributed by atoms with Crippen molar-refractivity contribution in [2.75, 3.05) is 13.7 Å². The Morgan fingerprint density at radius 3 is 2.67 bits per heavy atom. The van der Waals surface area contributed by atoms with Gasteiger partial charge in [-0.25, -0.2) is 14.7 Å². The number of aromatic nitrogens is 3. The molecule has 1 atom stereocenters. The molecule has 3 heterocycles. The number of nitrogens with zero attached hydrogens (tertiary/aromatic N) is 3. The Bertz CT molecular complexity index is 1480. The number of allylic oxidation sites excluding steroid dienone is 6. The summed E-state index contributed by atoms with van der Waals surface area (Å²) in [5.41, 5.74) is 1.41. The molecule has 202 valence electrons. The molecule has 4 amide bonds. The summed E-state index contributed by atoms with van der Waals surface area (Å²) >= 11 is 0. The molecule has 1 aliphatic carbocycles. The van der Waals surface area contributed by atoms with Crippen molar-refractivity contribution in [1.29, 1.82) is 0 Å². The van der Waals surface area contributed by atoms with Crippen molar-refractivity contribution in [3.05, 3.63) is 76.0 Å². The van der Waals surface area contributed by atoms with Crippen molar-refractivity contribution in [3.8, 4) is 17.6 Å². The number of amides is 4. The average Bonchev–Trinajstić information content (AvgIpc) is 3.38. The molecule has 2 aliphatic heterocycles. The summed E-state index contributed by atoms with van der Waals surface area (Å²) in [5.74, 6) is 6.08. The maximum atomic E-state index is 13.1. The van der Waals surface area contributed by atoms with Gasteiger partial charge in [0.05, 0.1) is 20.1 Å². The number of ether oxygens (including phenoxy) is 1. The first-order valence-corrected chi connectivity index (χ1v) is 12.6. The number of rotatable bonds is 5. The molecule has 0 spiro atoms. The summed E-state index contributed by atoms with van der Waals surface area (Å²) < 4.78 is 6.64. The predicted octanol–water partition coefficient (Wildman–Crippen LogP) is 2.35. The Labute approximate surface area is 225 Å². The maximum Gasteiger partial charge on any atom is 0.347 e. The van der Waals surface area contributed by atoms with Crippen LogP contribution in [0.25, 0.3) is 5.70 Å². The van der Waals surface area contributed by atoms with Gasteiger partial charge in [0.15, 0.2) is 0 Å². The van der Waals surface area contributed by atoms with Gasteiger partial charge >= 0.3 is 11.7 Å². The number of fused-ring (bicyclic) bond motifs is 1. The van der Waals surface area contributed by atoms with Gasteiger partial charge in [0, 0.05) is 24.2 Å². The quantitative estimate of drug-likeness (QED) is 0.508. The molecule has 11 heteroatoms. The number of benzene rings is 1. The number of carbonyl (C=O) groups excluding carboxylic acids is 3. The summed E-state index contributed by atoms with van der Waals surface area (Å²) in [6.45, 7) is 4.40.